The molecule has 90 valence electrons. The maximum absolute atomic E-state index is 12.0. The number of amides is 2. The SMILES string of the molecule is CCC1(C)CC(=O)N(c2ccccn2)C(=O)C1. The number of hydrogen-bond acceptors (Lipinski definition) is 3. The Kier molecular flexibility index (Phi) is 2.96. The standard InChI is InChI=1S/C13H16N2O2/c1-3-13(2)8-11(16)15(12(17)9-13)10-6-4-5-7-14-10/h4-7H,3,8-9H2,1-2H3. The highest BCUT2D eigenvalue weighted by molar-refractivity contribution is 6.16. The zero-order valence-electron chi connectivity index (χ0n) is 10.1. The number of nitrogens with zero attached hydrogens (tertiary/aromatic N) is 2. The van der Waals surface area contributed by atoms with Crippen molar-refractivity contribution in [1.82, 2.24) is 4.98 Å². The fraction of sp³-hybridized carbons (Fsp3) is 0.462. The number of aromatic nitrogens is 1. The second-order valence-corrected chi connectivity index (χ2v) is 4.83. The Labute approximate surface area is 101 Å². The molecule has 1 aromatic heterocycles. The number of anilines is 1. The Morgan fingerprint density at radius 2 is 1.94 bits per heavy atom. The first-order chi connectivity index (χ1) is 8.06. The molecule has 0 aliphatic carbocycles. The maximum atomic E-state index is 12.0. The van der Waals surface area contributed by atoms with Crippen molar-refractivity contribution in [1.29, 1.82) is 0 Å². The molecule has 0 N–H and O–H groups in total. The molecular formula is C13H16N2O2. The highest BCUT2D eigenvalue weighted by Crippen LogP contribution is 2.36. The van der Waals surface area contributed by atoms with Crippen LogP contribution in [0.1, 0.15) is 33.1 Å². The van der Waals surface area contributed by atoms with E-state index in [4.69, 9.17) is 0 Å². The zero-order valence-corrected chi connectivity index (χ0v) is 10.1. The fourth-order valence-corrected chi connectivity index (χ4v) is 2.08. The summed E-state index contributed by atoms with van der Waals surface area (Å²) in [5.41, 5.74) is -0.195. The van der Waals surface area contributed by atoms with Crippen LogP contribution in [0.5, 0.6) is 0 Å². The third-order valence-corrected chi connectivity index (χ3v) is 3.39. The van der Waals surface area contributed by atoms with Gasteiger partial charge in [0.2, 0.25) is 11.8 Å². The van der Waals surface area contributed by atoms with Gasteiger partial charge in [0.25, 0.3) is 0 Å². The van der Waals surface area contributed by atoms with E-state index < -0.39 is 0 Å². The molecule has 1 aliphatic heterocycles. The monoisotopic (exact) mass is 232 g/mol. The first kappa shape index (κ1) is 11.8. The molecule has 0 aromatic carbocycles. The topological polar surface area (TPSA) is 50.3 Å². The summed E-state index contributed by atoms with van der Waals surface area (Å²) in [7, 11) is 0. The molecule has 4 heteroatoms. The number of imide groups is 1. The van der Waals surface area contributed by atoms with Gasteiger partial charge in [0.05, 0.1) is 0 Å². The third-order valence-electron chi connectivity index (χ3n) is 3.39. The summed E-state index contributed by atoms with van der Waals surface area (Å²) in [4.78, 5) is 29.4. The van der Waals surface area contributed by atoms with Crippen LogP contribution in [0.25, 0.3) is 0 Å². The summed E-state index contributed by atoms with van der Waals surface area (Å²) in [6.07, 6.45) is 3.24. The van der Waals surface area contributed by atoms with Gasteiger partial charge in [0, 0.05) is 19.0 Å². The molecule has 2 amide bonds. The van der Waals surface area contributed by atoms with E-state index in [0.29, 0.717) is 18.7 Å². The van der Waals surface area contributed by atoms with Crippen LogP contribution < -0.4 is 4.90 Å². The van der Waals surface area contributed by atoms with E-state index >= 15 is 0 Å². The van der Waals surface area contributed by atoms with Crippen LogP contribution in [0.15, 0.2) is 24.4 Å². The molecule has 17 heavy (non-hydrogen) atoms. The Bertz CT molecular complexity index is 424. The lowest BCUT2D eigenvalue weighted by atomic mass is 9.77. The van der Waals surface area contributed by atoms with Crippen molar-refractivity contribution < 1.29 is 9.59 Å². The molecule has 1 saturated heterocycles. The summed E-state index contributed by atoms with van der Waals surface area (Å²) < 4.78 is 0. The van der Waals surface area contributed by atoms with Crippen molar-refractivity contribution in [3.05, 3.63) is 24.4 Å². The average Bonchev–Trinajstić information content (AvgIpc) is 2.29. The fourth-order valence-electron chi connectivity index (χ4n) is 2.08. The number of pyridine rings is 1. The Morgan fingerprint density at radius 3 is 2.41 bits per heavy atom. The van der Waals surface area contributed by atoms with E-state index in [1.807, 2.05) is 13.8 Å². The van der Waals surface area contributed by atoms with Gasteiger partial charge in [-0.3, -0.25) is 9.59 Å². The lowest BCUT2D eigenvalue weighted by molar-refractivity contribution is -0.133. The van der Waals surface area contributed by atoms with Gasteiger partial charge in [0.15, 0.2) is 0 Å². The molecule has 4 nitrogen and oxygen atoms in total. The molecule has 0 bridgehead atoms. The molecule has 1 fully saturated rings. The average molecular weight is 232 g/mol. The predicted molar refractivity (Wildman–Crippen MR) is 64.4 cm³/mol. The van der Waals surface area contributed by atoms with Crippen molar-refractivity contribution in [2.24, 2.45) is 5.41 Å². The Morgan fingerprint density at radius 1 is 1.29 bits per heavy atom. The van der Waals surface area contributed by atoms with Crippen LogP contribution in [0, 0.1) is 5.41 Å². The van der Waals surface area contributed by atoms with Crippen molar-refractivity contribution in [3.8, 4) is 0 Å². The molecule has 1 aliphatic rings. The zero-order chi connectivity index (χ0) is 12.5. The first-order valence-electron chi connectivity index (χ1n) is 5.82. The highest BCUT2D eigenvalue weighted by Gasteiger charge is 2.40. The van der Waals surface area contributed by atoms with Crippen molar-refractivity contribution in [2.45, 2.75) is 33.1 Å². The van der Waals surface area contributed by atoms with Crippen LogP contribution in [0.2, 0.25) is 0 Å². The van der Waals surface area contributed by atoms with Gasteiger partial charge in [0.1, 0.15) is 5.82 Å². The summed E-state index contributed by atoms with van der Waals surface area (Å²) in [5, 5.41) is 0. The quantitative estimate of drug-likeness (QED) is 0.734. The summed E-state index contributed by atoms with van der Waals surface area (Å²) in [6.45, 7) is 4.00. The van der Waals surface area contributed by atoms with E-state index in [1.165, 1.54) is 4.90 Å². The van der Waals surface area contributed by atoms with Crippen LogP contribution in [0.3, 0.4) is 0 Å². The minimum absolute atomic E-state index is 0.149. The largest absolute Gasteiger partial charge is 0.274 e. The molecule has 2 heterocycles. The number of piperidine rings is 1. The van der Waals surface area contributed by atoms with E-state index in [2.05, 4.69) is 4.98 Å². The van der Waals surface area contributed by atoms with Gasteiger partial charge in [-0.2, -0.15) is 0 Å². The summed E-state index contributed by atoms with van der Waals surface area (Å²) in [6, 6.07) is 5.22. The molecule has 0 spiro atoms. The van der Waals surface area contributed by atoms with Gasteiger partial charge >= 0.3 is 0 Å². The highest BCUT2D eigenvalue weighted by atomic mass is 16.2. The molecule has 0 unspecified atom stereocenters. The van der Waals surface area contributed by atoms with E-state index in [9.17, 15) is 9.59 Å². The van der Waals surface area contributed by atoms with Crippen LogP contribution >= 0.6 is 0 Å². The minimum Gasteiger partial charge on any atom is -0.274 e. The van der Waals surface area contributed by atoms with Gasteiger partial charge < -0.3 is 0 Å². The predicted octanol–water partition coefficient (Wildman–Crippen LogP) is 2.15. The van der Waals surface area contributed by atoms with Gasteiger partial charge in [-0.15, -0.1) is 0 Å². The Balaban J connectivity index is 2.28. The van der Waals surface area contributed by atoms with E-state index in [0.717, 1.165) is 6.42 Å². The number of carbonyl (C=O) groups excluding carboxylic acids is 2. The molecular weight excluding hydrogens is 216 g/mol. The number of hydrogen-bond donors (Lipinski definition) is 0. The molecule has 0 atom stereocenters. The smallest absolute Gasteiger partial charge is 0.235 e. The summed E-state index contributed by atoms with van der Waals surface area (Å²) in [5.74, 6) is 0.134. The van der Waals surface area contributed by atoms with Crippen LogP contribution in [-0.2, 0) is 9.59 Å². The lowest BCUT2D eigenvalue weighted by Crippen LogP contribution is -2.47. The van der Waals surface area contributed by atoms with Crippen molar-refractivity contribution >= 4 is 17.6 Å². The van der Waals surface area contributed by atoms with E-state index in [-0.39, 0.29) is 17.2 Å². The maximum Gasteiger partial charge on any atom is 0.235 e. The molecule has 0 radical (unpaired) electrons. The molecule has 2 rings (SSSR count). The van der Waals surface area contributed by atoms with Gasteiger partial charge in [-0.25, -0.2) is 9.88 Å². The molecule has 1 aromatic rings. The van der Waals surface area contributed by atoms with E-state index in [1.54, 1.807) is 24.4 Å². The number of carbonyl (C=O) groups is 2. The van der Waals surface area contributed by atoms with Gasteiger partial charge in [-0.1, -0.05) is 19.9 Å². The number of rotatable bonds is 2. The van der Waals surface area contributed by atoms with Gasteiger partial charge in [-0.05, 0) is 24.0 Å². The second kappa shape index (κ2) is 4.28. The Hall–Kier alpha value is -1.71. The lowest BCUT2D eigenvalue weighted by Gasteiger charge is -2.36. The normalized spacial score (nSPS) is 19.5. The first-order valence-corrected chi connectivity index (χ1v) is 5.82. The summed E-state index contributed by atoms with van der Waals surface area (Å²) >= 11 is 0. The van der Waals surface area contributed by atoms with Crippen molar-refractivity contribution in [2.75, 3.05) is 4.90 Å². The minimum atomic E-state index is -0.195. The third kappa shape index (κ3) is 2.20. The van der Waals surface area contributed by atoms with Crippen LogP contribution in [0.4, 0.5) is 5.82 Å². The molecule has 0 saturated carbocycles. The van der Waals surface area contributed by atoms with Crippen molar-refractivity contribution in [3.63, 3.8) is 0 Å². The van der Waals surface area contributed by atoms with Crippen LogP contribution in [-0.4, -0.2) is 16.8 Å². The second-order valence-electron chi connectivity index (χ2n) is 4.83.